The number of carbonyl (C=O) groups is 2. The van der Waals surface area contributed by atoms with Crippen LogP contribution in [-0.2, 0) is 16.1 Å². The van der Waals surface area contributed by atoms with Crippen LogP contribution >= 0.6 is 0 Å². The van der Waals surface area contributed by atoms with E-state index in [0.29, 0.717) is 39.3 Å². The molecule has 2 fully saturated rings. The number of likely N-dealkylation sites (tertiary alicyclic amines) is 1. The zero-order valence-corrected chi connectivity index (χ0v) is 16.4. The smallest absolute Gasteiger partial charge is 0.317 e. The third kappa shape index (κ3) is 5.20. The van der Waals surface area contributed by atoms with Gasteiger partial charge in [-0.15, -0.1) is 0 Å². The first-order chi connectivity index (χ1) is 13.6. The molecule has 3 rings (SSSR count). The molecule has 0 radical (unpaired) electrons. The zero-order chi connectivity index (χ0) is 19.9. The number of halogens is 1. The molecular weight excluding hydrogens is 363 g/mol. The molecule has 1 aromatic carbocycles. The zero-order valence-electron chi connectivity index (χ0n) is 16.4. The van der Waals surface area contributed by atoms with Gasteiger partial charge in [-0.2, -0.15) is 0 Å². The molecule has 2 aliphatic rings. The Hall–Kier alpha value is -2.19. The Morgan fingerprint density at radius 3 is 2.89 bits per heavy atom. The summed E-state index contributed by atoms with van der Waals surface area (Å²) in [5.41, 5.74) is 0.734. The van der Waals surface area contributed by atoms with Crippen LogP contribution < -0.4 is 5.32 Å². The Labute approximate surface area is 165 Å². The third-order valence-corrected chi connectivity index (χ3v) is 5.43. The van der Waals surface area contributed by atoms with Gasteiger partial charge in [0.2, 0.25) is 5.91 Å². The molecule has 28 heavy (non-hydrogen) atoms. The summed E-state index contributed by atoms with van der Waals surface area (Å²) >= 11 is 0. The van der Waals surface area contributed by atoms with Crippen LogP contribution in [0.1, 0.15) is 18.4 Å². The summed E-state index contributed by atoms with van der Waals surface area (Å²) in [5.74, 6) is -0.140. The first-order valence-corrected chi connectivity index (χ1v) is 9.87. The predicted octanol–water partition coefficient (Wildman–Crippen LogP) is 1.29. The number of urea groups is 1. The maximum atomic E-state index is 13.3. The summed E-state index contributed by atoms with van der Waals surface area (Å²) in [4.78, 5) is 31.0. The van der Waals surface area contributed by atoms with Gasteiger partial charge in [-0.3, -0.25) is 9.69 Å². The Balaban J connectivity index is 1.48. The molecule has 1 atom stereocenters. The molecule has 1 aromatic rings. The Kier molecular flexibility index (Phi) is 7.22. The molecule has 2 saturated heterocycles. The Morgan fingerprint density at radius 2 is 2.11 bits per heavy atom. The molecule has 0 spiro atoms. The van der Waals surface area contributed by atoms with Crippen molar-refractivity contribution in [3.8, 4) is 0 Å². The fraction of sp³-hybridized carbons (Fsp3) is 0.600. The molecule has 1 N–H and O–H groups in total. The molecule has 0 aromatic heterocycles. The minimum atomic E-state index is -0.307. The number of nitrogens with zero attached hydrogens (tertiary/aromatic N) is 3. The lowest BCUT2D eigenvalue weighted by Gasteiger charge is -2.26. The summed E-state index contributed by atoms with van der Waals surface area (Å²) in [6.45, 7) is 4.97. The highest BCUT2D eigenvalue weighted by atomic mass is 19.1. The van der Waals surface area contributed by atoms with E-state index in [1.165, 1.54) is 12.1 Å². The van der Waals surface area contributed by atoms with Crippen molar-refractivity contribution >= 4 is 11.9 Å². The van der Waals surface area contributed by atoms with Crippen molar-refractivity contribution in [1.82, 2.24) is 20.0 Å². The van der Waals surface area contributed by atoms with E-state index in [2.05, 4.69) is 10.2 Å². The molecular formula is C20H29FN4O3. The molecule has 7 nitrogen and oxygen atoms in total. The van der Waals surface area contributed by atoms with Gasteiger partial charge in [0, 0.05) is 52.9 Å². The SMILES string of the molecule is COCCN1CC[C@@H](N2CCCN(C(=O)NCc3cccc(F)c3)CC2)C1=O. The van der Waals surface area contributed by atoms with E-state index < -0.39 is 0 Å². The van der Waals surface area contributed by atoms with E-state index >= 15 is 0 Å². The highest BCUT2D eigenvalue weighted by molar-refractivity contribution is 5.84. The normalized spacial score (nSPS) is 21.1. The first-order valence-electron chi connectivity index (χ1n) is 9.87. The van der Waals surface area contributed by atoms with Gasteiger partial charge in [0.15, 0.2) is 0 Å². The van der Waals surface area contributed by atoms with Gasteiger partial charge in [0.05, 0.1) is 12.6 Å². The molecule has 0 unspecified atom stereocenters. The quantitative estimate of drug-likeness (QED) is 0.792. The van der Waals surface area contributed by atoms with Crippen LogP contribution in [0.2, 0.25) is 0 Å². The monoisotopic (exact) mass is 392 g/mol. The van der Waals surface area contributed by atoms with Crippen molar-refractivity contribution in [3.05, 3.63) is 35.6 Å². The second kappa shape index (κ2) is 9.84. The van der Waals surface area contributed by atoms with Crippen LogP contribution in [0.4, 0.5) is 9.18 Å². The van der Waals surface area contributed by atoms with Crippen molar-refractivity contribution in [2.75, 3.05) is 53.0 Å². The van der Waals surface area contributed by atoms with Crippen molar-refractivity contribution in [1.29, 1.82) is 0 Å². The standard InChI is InChI=1S/C20H29FN4O3/c1-28-13-12-24-9-6-18(19(24)26)23-7-3-8-25(11-10-23)20(27)22-15-16-4-2-5-17(21)14-16/h2,4-5,14,18H,3,6-13,15H2,1H3,(H,22,27)/t18-/m1/s1. The highest BCUT2D eigenvalue weighted by Gasteiger charge is 2.36. The number of carbonyl (C=O) groups excluding carboxylic acids is 2. The number of amides is 3. The molecule has 154 valence electrons. The molecule has 2 aliphatic heterocycles. The molecule has 2 heterocycles. The fourth-order valence-electron chi connectivity index (χ4n) is 3.87. The first kappa shape index (κ1) is 20.5. The second-order valence-electron chi connectivity index (χ2n) is 7.29. The highest BCUT2D eigenvalue weighted by Crippen LogP contribution is 2.19. The average molecular weight is 392 g/mol. The lowest BCUT2D eigenvalue weighted by atomic mass is 10.2. The summed E-state index contributed by atoms with van der Waals surface area (Å²) in [7, 11) is 1.64. The van der Waals surface area contributed by atoms with Gasteiger partial charge in [-0.05, 0) is 30.5 Å². The number of benzene rings is 1. The van der Waals surface area contributed by atoms with E-state index in [9.17, 15) is 14.0 Å². The largest absolute Gasteiger partial charge is 0.383 e. The topological polar surface area (TPSA) is 65.1 Å². The number of rotatable bonds is 6. The third-order valence-electron chi connectivity index (χ3n) is 5.43. The van der Waals surface area contributed by atoms with E-state index in [1.807, 2.05) is 4.90 Å². The Morgan fingerprint density at radius 1 is 1.25 bits per heavy atom. The maximum absolute atomic E-state index is 13.3. The number of methoxy groups -OCH3 is 1. The fourth-order valence-corrected chi connectivity index (χ4v) is 3.87. The van der Waals surface area contributed by atoms with Gasteiger partial charge >= 0.3 is 6.03 Å². The lowest BCUT2D eigenvalue weighted by Crippen LogP contribution is -2.45. The van der Waals surface area contributed by atoms with Gasteiger partial charge < -0.3 is 19.9 Å². The average Bonchev–Trinajstić information content (AvgIpc) is 2.90. The van der Waals surface area contributed by atoms with Gasteiger partial charge in [0.25, 0.3) is 0 Å². The molecule has 0 saturated carbocycles. The van der Waals surface area contributed by atoms with Crippen LogP contribution in [0.25, 0.3) is 0 Å². The van der Waals surface area contributed by atoms with Crippen molar-refractivity contribution in [2.24, 2.45) is 0 Å². The van der Waals surface area contributed by atoms with E-state index in [-0.39, 0.29) is 23.8 Å². The van der Waals surface area contributed by atoms with Crippen LogP contribution in [0.3, 0.4) is 0 Å². The van der Waals surface area contributed by atoms with E-state index in [1.54, 1.807) is 24.1 Å². The van der Waals surface area contributed by atoms with Crippen LogP contribution in [0, 0.1) is 5.82 Å². The van der Waals surface area contributed by atoms with Gasteiger partial charge in [0.1, 0.15) is 5.82 Å². The molecule has 3 amide bonds. The minimum Gasteiger partial charge on any atom is -0.383 e. The van der Waals surface area contributed by atoms with Gasteiger partial charge in [-0.1, -0.05) is 12.1 Å². The molecule has 0 aliphatic carbocycles. The van der Waals surface area contributed by atoms with Gasteiger partial charge in [-0.25, -0.2) is 9.18 Å². The minimum absolute atomic E-state index is 0.0906. The molecule has 8 heteroatoms. The van der Waals surface area contributed by atoms with Crippen LogP contribution in [0.5, 0.6) is 0 Å². The lowest BCUT2D eigenvalue weighted by molar-refractivity contribution is -0.132. The predicted molar refractivity (Wildman–Crippen MR) is 103 cm³/mol. The number of hydrogen-bond acceptors (Lipinski definition) is 4. The van der Waals surface area contributed by atoms with E-state index in [0.717, 1.165) is 31.5 Å². The van der Waals surface area contributed by atoms with Crippen LogP contribution in [0.15, 0.2) is 24.3 Å². The summed E-state index contributed by atoms with van der Waals surface area (Å²) in [5, 5.41) is 2.86. The summed E-state index contributed by atoms with van der Waals surface area (Å²) < 4.78 is 18.3. The Bertz CT molecular complexity index is 687. The molecule has 0 bridgehead atoms. The maximum Gasteiger partial charge on any atom is 0.317 e. The van der Waals surface area contributed by atoms with Crippen molar-refractivity contribution in [3.63, 3.8) is 0 Å². The van der Waals surface area contributed by atoms with E-state index in [4.69, 9.17) is 4.74 Å². The van der Waals surface area contributed by atoms with Crippen molar-refractivity contribution in [2.45, 2.75) is 25.4 Å². The second-order valence-corrected chi connectivity index (χ2v) is 7.29. The summed E-state index contributed by atoms with van der Waals surface area (Å²) in [6.07, 6.45) is 1.66. The van der Waals surface area contributed by atoms with Crippen LogP contribution in [-0.4, -0.2) is 85.7 Å². The number of nitrogens with one attached hydrogen (secondary N) is 1. The number of ether oxygens (including phenoxy) is 1. The summed E-state index contributed by atoms with van der Waals surface area (Å²) in [6, 6.07) is 5.99. The number of hydrogen-bond donors (Lipinski definition) is 1. The van der Waals surface area contributed by atoms with Crippen molar-refractivity contribution < 1.29 is 18.7 Å².